The number of aryl methyl sites for hydroxylation is 1. The van der Waals surface area contributed by atoms with E-state index in [0.29, 0.717) is 0 Å². The van der Waals surface area contributed by atoms with Gasteiger partial charge in [0, 0.05) is 11.7 Å². The minimum Gasteiger partial charge on any atom is -0.399 e. The first-order chi connectivity index (χ1) is 5.65. The molecule has 66 valence electrons. The highest BCUT2D eigenvalue weighted by molar-refractivity contribution is 5.48. The molecule has 1 aromatic rings. The summed E-state index contributed by atoms with van der Waals surface area (Å²) < 4.78 is 0. The zero-order valence-electron chi connectivity index (χ0n) is 7.67. The van der Waals surface area contributed by atoms with E-state index in [1.165, 1.54) is 5.56 Å². The first-order valence-corrected chi connectivity index (χ1v) is 4.26. The number of benzene rings is 1. The van der Waals surface area contributed by atoms with Crippen LogP contribution in [-0.2, 0) is 0 Å². The molecule has 0 fully saturated rings. The summed E-state index contributed by atoms with van der Waals surface area (Å²) in [5, 5.41) is 0. The van der Waals surface area contributed by atoms with Crippen LogP contribution in [0.5, 0.6) is 0 Å². The molecule has 12 heavy (non-hydrogen) atoms. The predicted octanol–water partition coefficient (Wildman–Crippen LogP) is 1.99. The van der Waals surface area contributed by atoms with Crippen molar-refractivity contribution in [3.05, 3.63) is 29.3 Å². The average Bonchev–Trinajstić information content (AvgIpc) is 2.08. The summed E-state index contributed by atoms with van der Waals surface area (Å²) in [6, 6.07) is 6.12. The summed E-state index contributed by atoms with van der Waals surface area (Å²) in [5.74, 6) is 0. The van der Waals surface area contributed by atoms with Crippen LogP contribution >= 0.6 is 0 Å². The second-order valence-corrected chi connectivity index (χ2v) is 3.13. The lowest BCUT2D eigenvalue weighted by Crippen LogP contribution is -2.08. The molecule has 1 atom stereocenters. The van der Waals surface area contributed by atoms with Gasteiger partial charge in [-0.2, -0.15) is 0 Å². The normalized spacial score (nSPS) is 12.9. The number of hydrogen-bond acceptors (Lipinski definition) is 2. The molecule has 1 rings (SSSR count). The van der Waals surface area contributed by atoms with E-state index in [0.717, 1.165) is 17.7 Å². The molecular weight excluding hydrogens is 148 g/mol. The molecule has 0 amide bonds. The first-order valence-electron chi connectivity index (χ1n) is 4.26. The van der Waals surface area contributed by atoms with Crippen LogP contribution in [0.15, 0.2) is 18.2 Å². The molecule has 0 saturated carbocycles. The van der Waals surface area contributed by atoms with Crippen molar-refractivity contribution in [3.8, 4) is 0 Å². The van der Waals surface area contributed by atoms with Crippen molar-refractivity contribution in [1.29, 1.82) is 0 Å². The molecule has 2 nitrogen and oxygen atoms in total. The number of anilines is 1. The molecule has 0 unspecified atom stereocenters. The van der Waals surface area contributed by atoms with E-state index in [1.807, 2.05) is 19.1 Å². The fraction of sp³-hybridized carbons (Fsp3) is 0.400. The Bertz CT molecular complexity index is 269. The summed E-state index contributed by atoms with van der Waals surface area (Å²) >= 11 is 0. The van der Waals surface area contributed by atoms with Crippen molar-refractivity contribution >= 4 is 5.69 Å². The Morgan fingerprint density at radius 2 is 2.08 bits per heavy atom. The number of hydrogen-bond donors (Lipinski definition) is 2. The molecule has 0 aliphatic rings. The van der Waals surface area contributed by atoms with E-state index < -0.39 is 0 Å². The van der Waals surface area contributed by atoms with Gasteiger partial charge in [-0.05, 0) is 30.5 Å². The second kappa shape index (κ2) is 3.59. The maximum absolute atomic E-state index is 5.87. The minimum atomic E-state index is 0.143. The van der Waals surface area contributed by atoms with Gasteiger partial charge in [0.2, 0.25) is 0 Å². The van der Waals surface area contributed by atoms with Crippen LogP contribution in [0.1, 0.15) is 30.5 Å². The summed E-state index contributed by atoms with van der Waals surface area (Å²) in [4.78, 5) is 0. The van der Waals surface area contributed by atoms with Gasteiger partial charge in [-0.25, -0.2) is 0 Å². The fourth-order valence-electron chi connectivity index (χ4n) is 1.17. The van der Waals surface area contributed by atoms with Crippen LogP contribution in [0.3, 0.4) is 0 Å². The van der Waals surface area contributed by atoms with Crippen LogP contribution in [0.25, 0.3) is 0 Å². The molecule has 0 radical (unpaired) electrons. The number of rotatable bonds is 2. The quantitative estimate of drug-likeness (QED) is 0.657. The lowest BCUT2D eigenvalue weighted by atomic mass is 10.0. The minimum absolute atomic E-state index is 0.143. The third-order valence-corrected chi connectivity index (χ3v) is 2.16. The van der Waals surface area contributed by atoms with Crippen molar-refractivity contribution in [1.82, 2.24) is 0 Å². The number of nitrogens with two attached hydrogens (primary N) is 2. The summed E-state index contributed by atoms with van der Waals surface area (Å²) in [6.45, 7) is 4.08. The summed E-state index contributed by atoms with van der Waals surface area (Å²) in [5.41, 5.74) is 14.7. The lowest BCUT2D eigenvalue weighted by Gasteiger charge is -2.10. The Balaban J connectivity index is 2.96. The molecule has 1 aromatic carbocycles. The molecular formula is C10H16N2. The van der Waals surface area contributed by atoms with Gasteiger partial charge in [-0.3, -0.25) is 0 Å². The second-order valence-electron chi connectivity index (χ2n) is 3.13. The molecule has 0 aliphatic heterocycles. The molecule has 0 heterocycles. The Morgan fingerprint density at radius 1 is 1.42 bits per heavy atom. The fourth-order valence-corrected chi connectivity index (χ4v) is 1.17. The van der Waals surface area contributed by atoms with Gasteiger partial charge in [-0.15, -0.1) is 0 Å². The van der Waals surface area contributed by atoms with Gasteiger partial charge in [0.15, 0.2) is 0 Å². The molecule has 0 aromatic heterocycles. The molecule has 0 bridgehead atoms. The van der Waals surface area contributed by atoms with E-state index in [2.05, 4.69) is 13.0 Å². The summed E-state index contributed by atoms with van der Waals surface area (Å²) in [6.07, 6.45) is 0.962. The van der Waals surface area contributed by atoms with Crippen LogP contribution in [-0.4, -0.2) is 0 Å². The Morgan fingerprint density at radius 3 is 2.58 bits per heavy atom. The van der Waals surface area contributed by atoms with Gasteiger partial charge < -0.3 is 11.5 Å². The van der Waals surface area contributed by atoms with Crippen molar-refractivity contribution in [2.75, 3.05) is 5.73 Å². The monoisotopic (exact) mass is 164 g/mol. The smallest absolute Gasteiger partial charge is 0.0343 e. The van der Waals surface area contributed by atoms with Gasteiger partial charge in [0.25, 0.3) is 0 Å². The van der Waals surface area contributed by atoms with E-state index in [-0.39, 0.29) is 6.04 Å². The highest BCUT2D eigenvalue weighted by Crippen LogP contribution is 2.18. The molecule has 2 heteroatoms. The van der Waals surface area contributed by atoms with Gasteiger partial charge in [-0.1, -0.05) is 19.1 Å². The van der Waals surface area contributed by atoms with Gasteiger partial charge in [0.1, 0.15) is 0 Å². The average molecular weight is 164 g/mol. The third-order valence-electron chi connectivity index (χ3n) is 2.16. The maximum atomic E-state index is 5.87. The lowest BCUT2D eigenvalue weighted by molar-refractivity contribution is 0.698. The molecule has 0 spiro atoms. The highest BCUT2D eigenvalue weighted by atomic mass is 14.6. The van der Waals surface area contributed by atoms with E-state index in [9.17, 15) is 0 Å². The molecule has 0 aliphatic carbocycles. The van der Waals surface area contributed by atoms with Crippen molar-refractivity contribution in [2.45, 2.75) is 26.3 Å². The Labute approximate surface area is 73.6 Å². The largest absolute Gasteiger partial charge is 0.399 e. The maximum Gasteiger partial charge on any atom is 0.0343 e. The zero-order valence-corrected chi connectivity index (χ0v) is 7.67. The predicted molar refractivity (Wildman–Crippen MR) is 52.8 cm³/mol. The van der Waals surface area contributed by atoms with Crippen LogP contribution < -0.4 is 11.5 Å². The number of nitrogen functional groups attached to an aromatic ring is 1. The summed E-state index contributed by atoms with van der Waals surface area (Å²) in [7, 11) is 0. The van der Waals surface area contributed by atoms with Gasteiger partial charge >= 0.3 is 0 Å². The Hall–Kier alpha value is -1.02. The van der Waals surface area contributed by atoms with Crippen LogP contribution in [0.2, 0.25) is 0 Å². The van der Waals surface area contributed by atoms with E-state index >= 15 is 0 Å². The van der Waals surface area contributed by atoms with Crippen molar-refractivity contribution in [3.63, 3.8) is 0 Å². The van der Waals surface area contributed by atoms with E-state index in [4.69, 9.17) is 11.5 Å². The standard InChI is InChI=1S/C10H16N2/c1-3-9(11)8-4-5-10(12)7(2)6-8/h4-6,9H,3,11-12H2,1-2H3/t9-/m1/s1. The van der Waals surface area contributed by atoms with Crippen LogP contribution in [0.4, 0.5) is 5.69 Å². The third kappa shape index (κ3) is 1.77. The van der Waals surface area contributed by atoms with Crippen molar-refractivity contribution in [2.24, 2.45) is 5.73 Å². The molecule has 4 N–H and O–H groups in total. The SMILES string of the molecule is CC[C@@H](N)c1ccc(N)c(C)c1. The Kier molecular flexibility index (Phi) is 2.71. The van der Waals surface area contributed by atoms with Gasteiger partial charge in [0.05, 0.1) is 0 Å². The zero-order chi connectivity index (χ0) is 9.14. The van der Waals surface area contributed by atoms with Crippen molar-refractivity contribution < 1.29 is 0 Å². The van der Waals surface area contributed by atoms with Crippen LogP contribution in [0, 0.1) is 6.92 Å². The first kappa shape index (κ1) is 9.07. The highest BCUT2D eigenvalue weighted by Gasteiger charge is 2.03. The topological polar surface area (TPSA) is 52.0 Å². The molecule has 0 saturated heterocycles. The van der Waals surface area contributed by atoms with E-state index in [1.54, 1.807) is 0 Å².